The molecule has 0 aliphatic heterocycles. The van der Waals surface area contributed by atoms with E-state index < -0.39 is 5.60 Å². The lowest BCUT2D eigenvalue weighted by Gasteiger charge is -2.30. The smallest absolute Gasteiger partial charge is 0.309 e. The Bertz CT molecular complexity index is 248. The van der Waals surface area contributed by atoms with Crippen molar-refractivity contribution < 1.29 is 14.3 Å². The molecule has 3 atom stereocenters. The van der Waals surface area contributed by atoms with Crippen molar-refractivity contribution in [3.8, 4) is 0 Å². The summed E-state index contributed by atoms with van der Waals surface area (Å²) < 4.78 is 10.8. The van der Waals surface area contributed by atoms with E-state index in [0.29, 0.717) is 5.92 Å². The van der Waals surface area contributed by atoms with Crippen molar-refractivity contribution >= 4 is 5.97 Å². The van der Waals surface area contributed by atoms with Gasteiger partial charge >= 0.3 is 5.97 Å². The molecule has 0 bridgehead atoms. The second-order valence-electron chi connectivity index (χ2n) is 5.76. The van der Waals surface area contributed by atoms with Crippen molar-refractivity contribution in [2.45, 2.75) is 65.2 Å². The molecule has 0 aliphatic carbocycles. The van der Waals surface area contributed by atoms with Gasteiger partial charge in [-0.05, 0) is 33.7 Å². The third kappa shape index (κ3) is 6.36. The summed E-state index contributed by atoms with van der Waals surface area (Å²) in [5, 5.41) is 3.24. The van der Waals surface area contributed by atoms with E-state index >= 15 is 0 Å². The van der Waals surface area contributed by atoms with Gasteiger partial charge in [0.25, 0.3) is 0 Å². The van der Waals surface area contributed by atoms with Gasteiger partial charge in [0.05, 0.1) is 12.5 Å². The molecule has 0 saturated heterocycles. The SMILES string of the molecule is CCC(C)C(NC)C(CC(=O)OC(C)(C)C)OC. The number of esters is 1. The van der Waals surface area contributed by atoms with E-state index in [9.17, 15) is 4.79 Å². The maximum atomic E-state index is 11.8. The van der Waals surface area contributed by atoms with Gasteiger partial charge in [0.1, 0.15) is 5.60 Å². The van der Waals surface area contributed by atoms with Gasteiger partial charge in [0.15, 0.2) is 0 Å². The van der Waals surface area contributed by atoms with E-state index in [1.165, 1.54) is 0 Å². The number of methoxy groups -OCH3 is 1. The highest BCUT2D eigenvalue weighted by atomic mass is 16.6. The van der Waals surface area contributed by atoms with Crippen molar-refractivity contribution in [3.63, 3.8) is 0 Å². The van der Waals surface area contributed by atoms with Crippen LogP contribution in [-0.4, -0.2) is 37.9 Å². The molecule has 18 heavy (non-hydrogen) atoms. The fraction of sp³-hybridized carbons (Fsp3) is 0.929. The normalized spacial score (nSPS) is 17.1. The molecule has 108 valence electrons. The van der Waals surface area contributed by atoms with Crippen LogP contribution in [0.2, 0.25) is 0 Å². The Morgan fingerprint density at radius 2 is 1.89 bits per heavy atom. The molecule has 0 saturated carbocycles. The summed E-state index contributed by atoms with van der Waals surface area (Å²) in [6.07, 6.45) is 1.17. The molecule has 1 N–H and O–H groups in total. The van der Waals surface area contributed by atoms with Crippen molar-refractivity contribution in [2.75, 3.05) is 14.2 Å². The Morgan fingerprint density at radius 1 is 1.33 bits per heavy atom. The Balaban J connectivity index is 4.53. The van der Waals surface area contributed by atoms with E-state index in [-0.39, 0.29) is 24.5 Å². The van der Waals surface area contributed by atoms with Gasteiger partial charge in [-0.15, -0.1) is 0 Å². The minimum atomic E-state index is -0.444. The predicted octanol–water partition coefficient (Wildman–Crippen LogP) is 2.37. The number of ether oxygens (including phenoxy) is 2. The van der Waals surface area contributed by atoms with Crippen LogP contribution in [0.3, 0.4) is 0 Å². The first-order chi connectivity index (χ1) is 8.25. The molecule has 0 aromatic carbocycles. The zero-order valence-corrected chi connectivity index (χ0v) is 12.9. The van der Waals surface area contributed by atoms with Crippen molar-refractivity contribution in [1.29, 1.82) is 0 Å². The number of hydrogen-bond acceptors (Lipinski definition) is 4. The first kappa shape index (κ1) is 17.4. The Labute approximate surface area is 111 Å². The van der Waals surface area contributed by atoms with Crippen LogP contribution in [0.4, 0.5) is 0 Å². The van der Waals surface area contributed by atoms with E-state index in [1.807, 2.05) is 27.8 Å². The molecule has 0 rings (SSSR count). The second-order valence-corrected chi connectivity index (χ2v) is 5.76. The minimum absolute atomic E-state index is 0.153. The Hall–Kier alpha value is -0.610. The molecule has 0 spiro atoms. The topological polar surface area (TPSA) is 47.6 Å². The van der Waals surface area contributed by atoms with E-state index in [1.54, 1.807) is 7.11 Å². The fourth-order valence-electron chi connectivity index (χ4n) is 2.00. The molecule has 0 aliphatic rings. The van der Waals surface area contributed by atoms with E-state index in [0.717, 1.165) is 6.42 Å². The van der Waals surface area contributed by atoms with Gasteiger partial charge in [-0.3, -0.25) is 4.79 Å². The first-order valence-electron chi connectivity index (χ1n) is 6.67. The van der Waals surface area contributed by atoms with E-state index in [4.69, 9.17) is 9.47 Å². The van der Waals surface area contributed by atoms with Crippen molar-refractivity contribution in [3.05, 3.63) is 0 Å². The Morgan fingerprint density at radius 3 is 2.22 bits per heavy atom. The van der Waals surface area contributed by atoms with Crippen LogP contribution in [0.15, 0.2) is 0 Å². The van der Waals surface area contributed by atoms with Gasteiger partial charge in [-0.1, -0.05) is 20.3 Å². The molecular formula is C14H29NO3. The maximum Gasteiger partial charge on any atom is 0.309 e. The highest BCUT2D eigenvalue weighted by molar-refractivity contribution is 5.70. The van der Waals surface area contributed by atoms with Crippen LogP contribution in [0.5, 0.6) is 0 Å². The highest BCUT2D eigenvalue weighted by Gasteiger charge is 2.28. The minimum Gasteiger partial charge on any atom is -0.460 e. The fourth-order valence-corrected chi connectivity index (χ4v) is 2.00. The van der Waals surface area contributed by atoms with Crippen molar-refractivity contribution in [1.82, 2.24) is 5.32 Å². The molecule has 0 aromatic heterocycles. The number of carbonyl (C=O) groups is 1. The first-order valence-corrected chi connectivity index (χ1v) is 6.67. The molecule has 0 heterocycles. The summed E-state index contributed by atoms with van der Waals surface area (Å²) in [4.78, 5) is 11.8. The third-order valence-corrected chi connectivity index (χ3v) is 3.08. The number of rotatable bonds is 7. The predicted molar refractivity (Wildman–Crippen MR) is 73.6 cm³/mol. The molecule has 0 fully saturated rings. The molecule has 0 radical (unpaired) electrons. The summed E-state index contributed by atoms with van der Waals surface area (Å²) >= 11 is 0. The van der Waals surface area contributed by atoms with Crippen molar-refractivity contribution in [2.24, 2.45) is 5.92 Å². The summed E-state index contributed by atoms with van der Waals surface area (Å²) in [6.45, 7) is 9.91. The lowest BCUT2D eigenvalue weighted by Crippen LogP contribution is -2.45. The second kappa shape index (κ2) is 7.74. The molecule has 3 unspecified atom stereocenters. The average molecular weight is 259 g/mol. The largest absolute Gasteiger partial charge is 0.460 e. The van der Waals surface area contributed by atoms with Crippen LogP contribution in [0.25, 0.3) is 0 Å². The van der Waals surface area contributed by atoms with Gasteiger partial charge in [-0.2, -0.15) is 0 Å². The number of carbonyl (C=O) groups excluding carboxylic acids is 1. The quantitative estimate of drug-likeness (QED) is 0.713. The Kier molecular flexibility index (Phi) is 7.48. The van der Waals surface area contributed by atoms with Crippen LogP contribution < -0.4 is 5.32 Å². The third-order valence-electron chi connectivity index (χ3n) is 3.08. The van der Waals surface area contributed by atoms with Crippen LogP contribution in [-0.2, 0) is 14.3 Å². The lowest BCUT2D eigenvalue weighted by atomic mass is 9.92. The molecular weight excluding hydrogens is 230 g/mol. The number of likely N-dealkylation sites (N-methyl/N-ethyl adjacent to an activating group) is 1. The summed E-state index contributed by atoms with van der Waals surface area (Å²) in [6, 6.07) is 0.160. The van der Waals surface area contributed by atoms with Crippen LogP contribution in [0.1, 0.15) is 47.5 Å². The summed E-state index contributed by atoms with van der Waals surface area (Å²) in [5.74, 6) is 0.236. The zero-order valence-electron chi connectivity index (χ0n) is 12.9. The molecule has 4 nitrogen and oxygen atoms in total. The van der Waals surface area contributed by atoms with Gasteiger partial charge < -0.3 is 14.8 Å². The van der Waals surface area contributed by atoms with Gasteiger partial charge in [0, 0.05) is 13.2 Å². The monoisotopic (exact) mass is 259 g/mol. The number of nitrogens with one attached hydrogen (secondary N) is 1. The zero-order chi connectivity index (χ0) is 14.3. The number of hydrogen-bond donors (Lipinski definition) is 1. The lowest BCUT2D eigenvalue weighted by molar-refractivity contribution is -0.158. The standard InChI is InChI=1S/C14H29NO3/c1-8-10(2)13(15-6)11(17-7)9-12(16)18-14(3,4)5/h10-11,13,15H,8-9H2,1-7H3. The van der Waals surface area contributed by atoms with E-state index in [2.05, 4.69) is 19.2 Å². The highest BCUT2D eigenvalue weighted by Crippen LogP contribution is 2.18. The molecule has 0 amide bonds. The van der Waals surface area contributed by atoms with Crippen LogP contribution >= 0.6 is 0 Å². The van der Waals surface area contributed by atoms with Gasteiger partial charge in [0.2, 0.25) is 0 Å². The summed E-state index contributed by atoms with van der Waals surface area (Å²) in [5.41, 5.74) is -0.444. The van der Waals surface area contributed by atoms with Crippen LogP contribution in [0, 0.1) is 5.92 Å². The molecule has 4 heteroatoms. The average Bonchev–Trinajstić information content (AvgIpc) is 2.25. The molecule has 0 aromatic rings. The maximum absolute atomic E-state index is 11.8. The van der Waals surface area contributed by atoms with Gasteiger partial charge in [-0.25, -0.2) is 0 Å². The summed E-state index contributed by atoms with van der Waals surface area (Å²) in [7, 11) is 3.54.